The molecule has 0 aliphatic rings. The molecular formula is C25H17ClN2O6. The number of halogens is 1. The van der Waals surface area contributed by atoms with Crippen LogP contribution in [0.4, 0.5) is 5.69 Å². The van der Waals surface area contributed by atoms with Gasteiger partial charge in [0.15, 0.2) is 12.4 Å². The minimum atomic E-state index is -0.863. The summed E-state index contributed by atoms with van der Waals surface area (Å²) in [4.78, 5) is 52.2. The van der Waals surface area contributed by atoms with Crippen molar-refractivity contribution in [2.24, 2.45) is 0 Å². The SMILES string of the molecule is Cc1[nH]c2ccccc2c1C(=O)COC(=O)c1ccccc1C(=O)c1ccc(Cl)c([N+](=O)[O-])c1. The lowest BCUT2D eigenvalue weighted by atomic mass is 9.98. The molecule has 0 aliphatic carbocycles. The monoisotopic (exact) mass is 476 g/mol. The zero-order chi connectivity index (χ0) is 24.4. The number of esters is 1. The number of benzene rings is 3. The van der Waals surface area contributed by atoms with Gasteiger partial charge >= 0.3 is 5.97 Å². The highest BCUT2D eigenvalue weighted by Gasteiger charge is 2.23. The van der Waals surface area contributed by atoms with E-state index in [0.717, 1.165) is 17.0 Å². The molecule has 0 saturated carbocycles. The number of nitro groups is 1. The van der Waals surface area contributed by atoms with E-state index in [4.69, 9.17) is 16.3 Å². The fourth-order valence-corrected chi connectivity index (χ4v) is 3.91. The largest absolute Gasteiger partial charge is 0.454 e. The van der Waals surface area contributed by atoms with Crippen molar-refractivity contribution in [3.63, 3.8) is 0 Å². The van der Waals surface area contributed by atoms with E-state index in [9.17, 15) is 24.5 Å². The number of Topliss-reactive ketones (excluding diaryl/α,β-unsaturated/α-hetero) is 1. The number of nitrogens with zero attached hydrogens (tertiary/aromatic N) is 1. The summed E-state index contributed by atoms with van der Waals surface area (Å²) in [5, 5.41) is 11.8. The van der Waals surface area contributed by atoms with Crippen LogP contribution < -0.4 is 0 Å². The number of ketones is 2. The van der Waals surface area contributed by atoms with Crippen molar-refractivity contribution in [1.29, 1.82) is 0 Å². The van der Waals surface area contributed by atoms with E-state index in [-0.39, 0.29) is 27.5 Å². The number of aryl methyl sites for hydroxylation is 1. The molecule has 4 rings (SSSR count). The number of carbonyl (C=O) groups excluding carboxylic acids is 3. The first-order valence-corrected chi connectivity index (χ1v) is 10.5. The number of hydrogen-bond donors (Lipinski definition) is 1. The van der Waals surface area contributed by atoms with Crippen LogP contribution in [0.15, 0.2) is 66.7 Å². The number of ether oxygens (including phenoxy) is 1. The smallest absolute Gasteiger partial charge is 0.339 e. The second-order valence-electron chi connectivity index (χ2n) is 7.47. The van der Waals surface area contributed by atoms with Gasteiger partial charge in [-0.1, -0.05) is 48.0 Å². The Kier molecular flexibility index (Phi) is 6.25. The minimum absolute atomic E-state index is 0.0122. The van der Waals surface area contributed by atoms with Crippen molar-refractivity contribution in [3.8, 4) is 0 Å². The molecule has 0 unspecified atom stereocenters. The van der Waals surface area contributed by atoms with Gasteiger partial charge in [-0.2, -0.15) is 0 Å². The molecule has 0 atom stereocenters. The number of carbonyl (C=O) groups is 3. The van der Waals surface area contributed by atoms with Crippen LogP contribution in [0.1, 0.15) is 42.3 Å². The van der Waals surface area contributed by atoms with Gasteiger partial charge in [0.05, 0.1) is 10.5 Å². The van der Waals surface area contributed by atoms with Gasteiger partial charge in [-0.3, -0.25) is 19.7 Å². The summed E-state index contributed by atoms with van der Waals surface area (Å²) in [6, 6.07) is 16.8. The first-order valence-electron chi connectivity index (χ1n) is 10.1. The van der Waals surface area contributed by atoms with Gasteiger partial charge in [0, 0.05) is 39.4 Å². The summed E-state index contributed by atoms with van der Waals surface area (Å²) in [5.41, 5.74) is 1.37. The molecule has 170 valence electrons. The Hall–Kier alpha value is -4.30. The fourth-order valence-electron chi connectivity index (χ4n) is 3.73. The van der Waals surface area contributed by atoms with Crippen LogP contribution in [0, 0.1) is 17.0 Å². The molecule has 0 fully saturated rings. The Morgan fingerprint density at radius 1 is 1.00 bits per heavy atom. The van der Waals surface area contributed by atoms with Crippen molar-refractivity contribution in [3.05, 3.63) is 110 Å². The van der Waals surface area contributed by atoms with Gasteiger partial charge < -0.3 is 9.72 Å². The van der Waals surface area contributed by atoms with Gasteiger partial charge in [0.2, 0.25) is 5.78 Å². The van der Waals surface area contributed by atoms with Crippen molar-refractivity contribution in [1.82, 2.24) is 4.98 Å². The third-order valence-electron chi connectivity index (χ3n) is 5.30. The highest BCUT2D eigenvalue weighted by molar-refractivity contribution is 6.33. The number of nitrogens with one attached hydrogen (secondary N) is 1. The second-order valence-corrected chi connectivity index (χ2v) is 7.88. The molecule has 1 N–H and O–H groups in total. The number of fused-ring (bicyclic) bond motifs is 1. The van der Waals surface area contributed by atoms with Crippen molar-refractivity contribution in [2.75, 3.05) is 6.61 Å². The molecule has 8 nitrogen and oxygen atoms in total. The predicted molar refractivity (Wildman–Crippen MR) is 126 cm³/mol. The number of rotatable bonds is 7. The van der Waals surface area contributed by atoms with Gasteiger partial charge in [-0.15, -0.1) is 0 Å². The van der Waals surface area contributed by atoms with Gasteiger partial charge in [-0.25, -0.2) is 4.79 Å². The summed E-state index contributed by atoms with van der Waals surface area (Å²) in [7, 11) is 0. The molecule has 0 spiro atoms. The Morgan fingerprint density at radius 3 is 2.41 bits per heavy atom. The number of hydrogen-bond acceptors (Lipinski definition) is 6. The molecule has 3 aromatic carbocycles. The van der Waals surface area contributed by atoms with E-state index >= 15 is 0 Å². The fraction of sp³-hybridized carbons (Fsp3) is 0.0800. The average Bonchev–Trinajstić information content (AvgIpc) is 3.17. The second kappa shape index (κ2) is 9.29. The maximum absolute atomic E-state index is 13.0. The van der Waals surface area contributed by atoms with E-state index in [1.807, 2.05) is 12.1 Å². The quantitative estimate of drug-likeness (QED) is 0.167. The third-order valence-corrected chi connectivity index (χ3v) is 5.62. The first kappa shape index (κ1) is 22.9. The number of H-pyrrole nitrogens is 1. The lowest BCUT2D eigenvalue weighted by Crippen LogP contribution is -2.17. The van der Waals surface area contributed by atoms with E-state index in [0.29, 0.717) is 11.3 Å². The van der Waals surface area contributed by atoms with Crippen LogP contribution in [0.25, 0.3) is 10.9 Å². The lowest BCUT2D eigenvalue weighted by Gasteiger charge is -2.09. The van der Waals surface area contributed by atoms with Gasteiger partial charge in [0.25, 0.3) is 5.69 Å². The van der Waals surface area contributed by atoms with Crippen molar-refractivity contribution < 1.29 is 24.0 Å². The Labute approximate surface area is 198 Å². The molecule has 0 saturated heterocycles. The average molecular weight is 477 g/mol. The Balaban J connectivity index is 1.57. The molecule has 0 bridgehead atoms. The molecule has 34 heavy (non-hydrogen) atoms. The van der Waals surface area contributed by atoms with Crippen LogP contribution in [0.2, 0.25) is 5.02 Å². The predicted octanol–water partition coefficient (Wildman–Crippen LogP) is 5.31. The number of aromatic amines is 1. The summed E-state index contributed by atoms with van der Waals surface area (Å²) in [6.07, 6.45) is 0. The maximum Gasteiger partial charge on any atom is 0.339 e. The van der Waals surface area contributed by atoms with Crippen molar-refractivity contribution in [2.45, 2.75) is 6.92 Å². The van der Waals surface area contributed by atoms with Gasteiger partial charge in [-0.05, 0) is 31.2 Å². The summed E-state index contributed by atoms with van der Waals surface area (Å²) >= 11 is 5.82. The minimum Gasteiger partial charge on any atom is -0.454 e. The maximum atomic E-state index is 13.0. The van der Waals surface area contributed by atoms with Gasteiger partial charge in [0.1, 0.15) is 5.02 Å². The van der Waals surface area contributed by atoms with E-state index in [1.165, 1.54) is 24.3 Å². The molecule has 0 amide bonds. The zero-order valence-corrected chi connectivity index (χ0v) is 18.6. The van der Waals surface area contributed by atoms with Crippen LogP contribution >= 0.6 is 11.6 Å². The first-order chi connectivity index (χ1) is 16.3. The van der Waals surface area contributed by atoms with E-state index < -0.39 is 29.0 Å². The number of aromatic nitrogens is 1. The summed E-state index contributed by atoms with van der Waals surface area (Å²) in [6.45, 7) is 1.24. The number of nitro benzene ring substituents is 1. The van der Waals surface area contributed by atoms with Crippen LogP contribution in [0.3, 0.4) is 0 Å². The van der Waals surface area contributed by atoms with E-state index in [2.05, 4.69) is 4.98 Å². The standard InChI is InChI=1S/C25H17ClN2O6/c1-14-23(18-8-4-5-9-20(18)27-14)22(29)13-34-25(31)17-7-3-2-6-16(17)24(30)15-10-11-19(26)21(12-15)28(32)33/h2-12,27H,13H2,1H3. The molecule has 1 aromatic heterocycles. The highest BCUT2D eigenvalue weighted by atomic mass is 35.5. The molecule has 9 heteroatoms. The van der Waals surface area contributed by atoms with Crippen LogP contribution in [0.5, 0.6) is 0 Å². The van der Waals surface area contributed by atoms with Crippen LogP contribution in [-0.4, -0.2) is 34.0 Å². The molecule has 4 aromatic rings. The highest BCUT2D eigenvalue weighted by Crippen LogP contribution is 2.27. The topological polar surface area (TPSA) is 119 Å². The molecule has 0 aliphatic heterocycles. The van der Waals surface area contributed by atoms with Crippen molar-refractivity contribution >= 4 is 45.7 Å². The Morgan fingerprint density at radius 2 is 1.68 bits per heavy atom. The van der Waals surface area contributed by atoms with Crippen LogP contribution in [-0.2, 0) is 4.74 Å². The normalized spacial score (nSPS) is 10.8. The third kappa shape index (κ3) is 4.31. The summed E-state index contributed by atoms with van der Waals surface area (Å²) in [5.74, 6) is -1.87. The molecular weight excluding hydrogens is 460 g/mol. The molecule has 1 heterocycles. The molecule has 0 radical (unpaired) electrons. The summed E-state index contributed by atoms with van der Waals surface area (Å²) < 4.78 is 5.24. The Bertz CT molecular complexity index is 1470. The zero-order valence-electron chi connectivity index (χ0n) is 17.8. The van der Waals surface area contributed by atoms with E-state index in [1.54, 1.807) is 31.2 Å². The lowest BCUT2D eigenvalue weighted by molar-refractivity contribution is -0.384. The number of para-hydroxylation sites is 1.